The van der Waals surface area contributed by atoms with E-state index in [-0.39, 0.29) is 17.5 Å². The van der Waals surface area contributed by atoms with E-state index in [0.29, 0.717) is 43.1 Å². The van der Waals surface area contributed by atoms with Gasteiger partial charge in [0.15, 0.2) is 0 Å². The highest BCUT2D eigenvalue weighted by Crippen LogP contribution is 2.30. The number of rotatable bonds is 9. The van der Waals surface area contributed by atoms with E-state index in [9.17, 15) is 27.9 Å². The van der Waals surface area contributed by atoms with Crippen molar-refractivity contribution < 1.29 is 27.9 Å². The van der Waals surface area contributed by atoms with Gasteiger partial charge in [-0.3, -0.25) is 9.59 Å². The first-order valence-corrected chi connectivity index (χ1v) is 15.2. The summed E-state index contributed by atoms with van der Waals surface area (Å²) in [7, 11) is 0. The molecule has 0 radical (unpaired) electrons. The van der Waals surface area contributed by atoms with Crippen molar-refractivity contribution in [2.24, 2.45) is 0 Å². The lowest BCUT2D eigenvalue weighted by Gasteiger charge is -2.29. The number of aromatic nitrogens is 2. The maximum Gasteiger partial charge on any atom is 0.416 e. The van der Waals surface area contributed by atoms with Gasteiger partial charge in [-0.25, -0.2) is 9.97 Å². The van der Waals surface area contributed by atoms with Crippen molar-refractivity contribution in [3.63, 3.8) is 0 Å². The summed E-state index contributed by atoms with van der Waals surface area (Å²) in [6, 6.07) is 20.9. The number of aliphatic carboxylic acids is 1. The Hall–Kier alpha value is -4.73. The summed E-state index contributed by atoms with van der Waals surface area (Å²) in [5, 5.41) is 9.62. The molecule has 0 fully saturated rings. The van der Waals surface area contributed by atoms with Crippen LogP contribution in [0.25, 0.3) is 0 Å². The Labute approximate surface area is 266 Å². The van der Waals surface area contributed by atoms with E-state index in [4.69, 9.17) is 4.98 Å². The van der Waals surface area contributed by atoms with Crippen molar-refractivity contribution in [2.45, 2.75) is 64.7 Å². The average molecular weight is 631 g/mol. The van der Waals surface area contributed by atoms with Crippen molar-refractivity contribution in [2.75, 3.05) is 18.0 Å². The third-order valence-corrected chi connectivity index (χ3v) is 8.24. The number of hydrogen-bond donors (Lipinski definition) is 1. The number of carboxylic acids is 1. The lowest BCUT2D eigenvalue weighted by Crippen LogP contribution is -2.36. The molecule has 1 amide bonds. The molecule has 5 rings (SSSR count). The van der Waals surface area contributed by atoms with E-state index in [1.165, 1.54) is 35.0 Å². The molecule has 4 aromatic rings. The fourth-order valence-corrected chi connectivity index (χ4v) is 5.58. The molecule has 10 heteroatoms. The number of aryl methyl sites for hydroxylation is 2. The molecule has 1 aliphatic heterocycles. The van der Waals surface area contributed by atoms with Crippen LogP contribution in [0.2, 0.25) is 0 Å². The van der Waals surface area contributed by atoms with E-state index < -0.39 is 30.2 Å². The number of fused-ring (bicyclic) bond motifs is 1. The molecule has 3 aromatic carbocycles. The van der Waals surface area contributed by atoms with Gasteiger partial charge in [-0.15, -0.1) is 0 Å². The first kappa shape index (κ1) is 32.7. The molecular formula is C36H37F3N4O3. The SMILES string of the molecule is CC(C)(C)c1ccc(CCc2nc(N3CCc4ccccc4C3)ncc2C(=O)N(CC(=O)O)Cc2ccc(C(F)(F)F)cc2)cc1. The minimum Gasteiger partial charge on any atom is -0.480 e. The van der Waals surface area contributed by atoms with Crippen LogP contribution >= 0.6 is 0 Å². The molecule has 0 aliphatic carbocycles. The number of hydrogen-bond acceptors (Lipinski definition) is 5. The zero-order chi connectivity index (χ0) is 33.1. The molecule has 2 heterocycles. The number of alkyl halides is 3. The van der Waals surface area contributed by atoms with Crippen molar-refractivity contribution in [1.29, 1.82) is 0 Å². The summed E-state index contributed by atoms with van der Waals surface area (Å²) < 4.78 is 39.3. The first-order valence-electron chi connectivity index (χ1n) is 15.2. The molecule has 0 bridgehead atoms. The minimum absolute atomic E-state index is 0.00734. The highest BCUT2D eigenvalue weighted by molar-refractivity contribution is 5.96. The van der Waals surface area contributed by atoms with Crippen molar-refractivity contribution in [1.82, 2.24) is 14.9 Å². The second-order valence-electron chi connectivity index (χ2n) is 12.7. The van der Waals surface area contributed by atoms with Gasteiger partial charge in [0.25, 0.3) is 5.91 Å². The second kappa shape index (κ2) is 13.3. The molecule has 0 saturated heterocycles. The highest BCUT2D eigenvalue weighted by atomic mass is 19.4. The summed E-state index contributed by atoms with van der Waals surface area (Å²) in [6.07, 6.45) is -1.24. The van der Waals surface area contributed by atoms with Crippen LogP contribution in [-0.2, 0) is 48.7 Å². The molecule has 46 heavy (non-hydrogen) atoms. The molecule has 0 atom stereocenters. The number of benzene rings is 3. The van der Waals surface area contributed by atoms with E-state index >= 15 is 0 Å². The number of carbonyl (C=O) groups excluding carboxylic acids is 1. The Kier molecular flexibility index (Phi) is 9.46. The zero-order valence-corrected chi connectivity index (χ0v) is 26.1. The predicted octanol–water partition coefficient (Wildman–Crippen LogP) is 6.87. The molecule has 0 spiro atoms. The van der Waals surface area contributed by atoms with Gasteiger partial charge in [-0.2, -0.15) is 13.2 Å². The van der Waals surface area contributed by atoms with Gasteiger partial charge in [-0.1, -0.05) is 81.4 Å². The molecule has 240 valence electrons. The summed E-state index contributed by atoms with van der Waals surface area (Å²) in [5.74, 6) is -1.36. The van der Waals surface area contributed by atoms with Crippen LogP contribution in [0, 0.1) is 0 Å². The quantitative estimate of drug-likeness (QED) is 0.217. The van der Waals surface area contributed by atoms with Gasteiger partial charge in [0.2, 0.25) is 5.95 Å². The molecule has 0 saturated carbocycles. The molecule has 0 unspecified atom stereocenters. The Balaban J connectivity index is 1.44. The molecule has 1 aromatic heterocycles. The molecule has 1 aliphatic rings. The lowest BCUT2D eigenvalue weighted by molar-refractivity contribution is -0.138. The van der Waals surface area contributed by atoms with Crippen molar-refractivity contribution >= 4 is 17.8 Å². The third kappa shape index (κ3) is 7.91. The Morgan fingerprint density at radius 2 is 1.50 bits per heavy atom. The summed E-state index contributed by atoms with van der Waals surface area (Å²) in [5.41, 5.74) is 4.92. The lowest BCUT2D eigenvalue weighted by atomic mass is 9.86. The van der Waals surface area contributed by atoms with Gasteiger partial charge >= 0.3 is 12.1 Å². The first-order chi connectivity index (χ1) is 21.8. The maximum atomic E-state index is 13.9. The zero-order valence-electron chi connectivity index (χ0n) is 26.1. The van der Waals surface area contributed by atoms with Crippen LogP contribution < -0.4 is 4.90 Å². The van der Waals surface area contributed by atoms with Gasteiger partial charge in [-0.05, 0) is 64.6 Å². The average Bonchev–Trinajstić information content (AvgIpc) is 3.02. The van der Waals surface area contributed by atoms with Gasteiger partial charge in [0.05, 0.1) is 16.8 Å². The number of halogens is 3. The molecule has 7 nitrogen and oxygen atoms in total. The van der Waals surface area contributed by atoms with Gasteiger partial charge in [0.1, 0.15) is 6.54 Å². The Bertz CT molecular complexity index is 1700. The number of amides is 1. The van der Waals surface area contributed by atoms with Crippen molar-refractivity contribution in [3.05, 3.63) is 124 Å². The van der Waals surface area contributed by atoms with Crippen LogP contribution in [0.1, 0.15) is 70.2 Å². The van der Waals surface area contributed by atoms with E-state index in [1.807, 2.05) is 12.1 Å². The number of nitrogens with zero attached hydrogens (tertiary/aromatic N) is 4. The standard InChI is InChI=1S/C36H37F3N4O3/c1-35(2,3)28-13-8-24(9-14-28)12-17-31-30(20-40-34(41-31)42-19-18-26-6-4-5-7-27(26)22-42)33(46)43(23-32(44)45)21-25-10-15-29(16-11-25)36(37,38)39/h4-11,13-16,20H,12,17-19,21-23H2,1-3H3,(H,44,45). The summed E-state index contributed by atoms with van der Waals surface area (Å²) in [4.78, 5) is 38.3. The maximum absolute atomic E-state index is 13.9. The number of carboxylic acid groups (broad SMARTS) is 1. The fourth-order valence-electron chi connectivity index (χ4n) is 5.58. The van der Waals surface area contributed by atoms with E-state index in [0.717, 1.165) is 29.0 Å². The van der Waals surface area contributed by atoms with Crippen LogP contribution in [-0.4, -0.2) is 44.9 Å². The van der Waals surface area contributed by atoms with E-state index in [2.05, 4.69) is 67.1 Å². The van der Waals surface area contributed by atoms with Crippen LogP contribution in [0.4, 0.5) is 19.1 Å². The molecular weight excluding hydrogens is 593 g/mol. The van der Waals surface area contributed by atoms with Crippen LogP contribution in [0.15, 0.2) is 79.0 Å². The largest absolute Gasteiger partial charge is 0.480 e. The second-order valence-corrected chi connectivity index (χ2v) is 12.7. The number of carbonyl (C=O) groups is 2. The Morgan fingerprint density at radius 1 is 0.870 bits per heavy atom. The molecule has 1 N–H and O–H groups in total. The van der Waals surface area contributed by atoms with Crippen LogP contribution in [0.5, 0.6) is 0 Å². The van der Waals surface area contributed by atoms with E-state index in [1.54, 1.807) is 0 Å². The minimum atomic E-state index is -4.51. The predicted molar refractivity (Wildman–Crippen MR) is 170 cm³/mol. The smallest absolute Gasteiger partial charge is 0.416 e. The monoisotopic (exact) mass is 630 g/mol. The third-order valence-electron chi connectivity index (χ3n) is 8.24. The summed E-state index contributed by atoms with van der Waals surface area (Å²) in [6.45, 7) is 6.94. The number of anilines is 1. The Morgan fingerprint density at radius 3 is 2.13 bits per heavy atom. The van der Waals surface area contributed by atoms with Gasteiger partial charge in [0, 0.05) is 25.8 Å². The van der Waals surface area contributed by atoms with Crippen LogP contribution in [0.3, 0.4) is 0 Å². The topological polar surface area (TPSA) is 86.6 Å². The van der Waals surface area contributed by atoms with Crippen molar-refractivity contribution in [3.8, 4) is 0 Å². The fraction of sp³-hybridized carbons (Fsp3) is 0.333. The normalized spacial score (nSPS) is 13.3. The highest BCUT2D eigenvalue weighted by Gasteiger charge is 2.30. The van der Waals surface area contributed by atoms with Gasteiger partial charge < -0.3 is 14.9 Å². The summed E-state index contributed by atoms with van der Waals surface area (Å²) >= 11 is 0.